The summed E-state index contributed by atoms with van der Waals surface area (Å²) in [6.07, 6.45) is 10.7. The van der Waals surface area contributed by atoms with Crippen molar-refractivity contribution in [1.82, 2.24) is 9.80 Å². The van der Waals surface area contributed by atoms with E-state index in [1.54, 1.807) is 0 Å². The number of nitrogens with zero attached hydrogens (tertiary/aromatic N) is 4. The second-order valence-electron chi connectivity index (χ2n) is 16.2. The van der Waals surface area contributed by atoms with Gasteiger partial charge < -0.3 is 29.8 Å². The van der Waals surface area contributed by atoms with E-state index in [1.165, 1.54) is 12.1 Å². The first-order valence-corrected chi connectivity index (χ1v) is 19.4. The normalized spacial score (nSPS) is 32.5. The van der Waals surface area contributed by atoms with Gasteiger partial charge in [-0.3, -0.25) is 9.59 Å². The minimum Gasteiger partial charge on any atom is -0.393 e. The predicted octanol–water partition coefficient (Wildman–Crippen LogP) is 6.17. The fraction of sp³-hybridized carbons (Fsp3) is 0.650. The van der Waals surface area contributed by atoms with E-state index in [-0.39, 0.29) is 47.5 Å². The average molecular weight is 729 g/mol. The maximum absolute atomic E-state index is 14.2. The number of aliphatic hydroxyl groups is 2. The van der Waals surface area contributed by atoms with Gasteiger partial charge in [-0.25, -0.2) is 17.6 Å². The number of amides is 2. The summed E-state index contributed by atoms with van der Waals surface area (Å²) in [4.78, 5) is 34.2. The molecule has 2 amide bonds. The molecule has 284 valence electrons. The van der Waals surface area contributed by atoms with Crippen molar-refractivity contribution in [2.45, 2.75) is 114 Å². The number of hydrogen-bond acceptors (Lipinski definition) is 6. The zero-order chi connectivity index (χ0) is 36.6. The molecule has 2 saturated carbocycles. The SMILES string of the molecule is O=C1N(C2CCC(O)CC2)CC[C@@]12CCCN(c1cc(F)ccc1F)C2.O=C1N(C2CCC(O)CC2)CC[C@@]12CCCN(c1cc(F)ccc1F)C2. The van der Waals surface area contributed by atoms with Gasteiger partial charge in [-0.05, 0) is 114 Å². The lowest BCUT2D eigenvalue weighted by atomic mass is 9.78. The molecule has 2 aromatic carbocycles. The van der Waals surface area contributed by atoms with Crippen molar-refractivity contribution < 1.29 is 37.4 Å². The van der Waals surface area contributed by atoms with E-state index in [4.69, 9.17) is 0 Å². The van der Waals surface area contributed by atoms with Gasteiger partial charge in [0.05, 0.1) is 34.4 Å². The van der Waals surface area contributed by atoms with E-state index >= 15 is 0 Å². The molecule has 4 saturated heterocycles. The van der Waals surface area contributed by atoms with Crippen molar-refractivity contribution in [3.05, 3.63) is 59.7 Å². The van der Waals surface area contributed by atoms with Gasteiger partial charge in [-0.1, -0.05) is 0 Å². The Bertz CT molecular complexity index is 1500. The van der Waals surface area contributed by atoms with Gasteiger partial charge in [-0.2, -0.15) is 0 Å². The molecule has 2 aliphatic carbocycles. The molecular weight excluding hydrogens is 676 g/mol. The van der Waals surface area contributed by atoms with Crippen LogP contribution in [-0.2, 0) is 9.59 Å². The Kier molecular flexibility index (Phi) is 10.8. The minimum absolute atomic E-state index is 0.167. The molecular formula is C40H52F4N4O4. The molecule has 0 unspecified atom stereocenters. The molecule has 8 nitrogen and oxygen atoms in total. The lowest BCUT2D eigenvalue weighted by Crippen LogP contribution is -2.50. The standard InChI is InChI=1S/2C20H26F2N2O2/c2*21-14-2-7-17(22)18(12-14)23-10-1-8-20(13-23)9-11-24(19(20)26)15-3-5-16(25)6-4-15/h2*2,7,12,15-16,25H,1,3-6,8-11,13H2/t2*15?,16?,20-/m11/s1. The number of carbonyl (C=O) groups is 2. The second-order valence-corrected chi connectivity index (χ2v) is 16.2. The summed E-state index contributed by atoms with van der Waals surface area (Å²) in [6.45, 7) is 3.67. The van der Waals surface area contributed by atoms with Crippen LogP contribution in [0.3, 0.4) is 0 Å². The highest BCUT2D eigenvalue weighted by molar-refractivity contribution is 5.87. The van der Waals surface area contributed by atoms with Crippen LogP contribution in [0.1, 0.15) is 89.9 Å². The molecule has 6 aliphatic rings. The topological polar surface area (TPSA) is 87.6 Å². The summed E-state index contributed by atoms with van der Waals surface area (Å²) in [5, 5.41) is 19.4. The molecule has 2 aromatic rings. The number of anilines is 2. The van der Waals surface area contributed by atoms with E-state index in [1.807, 2.05) is 19.6 Å². The molecule has 0 radical (unpaired) electrons. The summed E-state index contributed by atoms with van der Waals surface area (Å²) in [6, 6.07) is 7.45. The van der Waals surface area contributed by atoms with Gasteiger partial charge in [0.2, 0.25) is 11.8 Å². The molecule has 2 atom stereocenters. The van der Waals surface area contributed by atoms with E-state index in [0.29, 0.717) is 26.2 Å². The van der Waals surface area contributed by atoms with Crippen LogP contribution in [0.5, 0.6) is 0 Å². The molecule has 52 heavy (non-hydrogen) atoms. The Morgan fingerprint density at radius 3 is 1.31 bits per heavy atom. The van der Waals surface area contributed by atoms with Crippen molar-refractivity contribution >= 4 is 23.2 Å². The Labute approximate surface area is 303 Å². The summed E-state index contributed by atoms with van der Waals surface area (Å²) in [5.74, 6) is -1.46. The van der Waals surface area contributed by atoms with Crippen molar-refractivity contribution in [2.75, 3.05) is 49.1 Å². The van der Waals surface area contributed by atoms with Gasteiger partial charge >= 0.3 is 0 Å². The molecule has 6 fully saturated rings. The van der Waals surface area contributed by atoms with Crippen LogP contribution < -0.4 is 9.80 Å². The summed E-state index contributed by atoms with van der Waals surface area (Å²) >= 11 is 0. The van der Waals surface area contributed by atoms with Gasteiger partial charge in [-0.15, -0.1) is 0 Å². The monoisotopic (exact) mass is 728 g/mol. The third kappa shape index (κ3) is 7.39. The van der Waals surface area contributed by atoms with Crippen LogP contribution in [0, 0.1) is 34.1 Å². The number of rotatable bonds is 4. The summed E-state index contributed by atoms with van der Waals surface area (Å²) in [7, 11) is 0. The lowest BCUT2D eigenvalue weighted by Gasteiger charge is -2.41. The van der Waals surface area contributed by atoms with Crippen LogP contribution in [0.4, 0.5) is 28.9 Å². The predicted molar refractivity (Wildman–Crippen MR) is 190 cm³/mol. The van der Waals surface area contributed by atoms with Crippen LogP contribution in [0.2, 0.25) is 0 Å². The van der Waals surface area contributed by atoms with Gasteiger partial charge in [0.25, 0.3) is 0 Å². The molecule has 4 heterocycles. The van der Waals surface area contributed by atoms with Crippen LogP contribution in [0.25, 0.3) is 0 Å². The van der Waals surface area contributed by atoms with Crippen molar-refractivity contribution in [1.29, 1.82) is 0 Å². The Hall–Kier alpha value is -3.38. The zero-order valence-electron chi connectivity index (χ0n) is 29.9. The Morgan fingerprint density at radius 1 is 0.538 bits per heavy atom. The smallest absolute Gasteiger partial charge is 0.230 e. The maximum atomic E-state index is 14.2. The summed E-state index contributed by atoms with van der Waals surface area (Å²) < 4.78 is 55.6. The van der Waals surface area contributed by atoms with E-state index in [0.717, 1.165) is 127 Å². The molecule has 0 bridgehead atoms. The summed E-state index contributed by atoms with van der Waals surface area (Å²) in [5.41, 5.74) is -0.438. The van der Waals surface area contributed by atoms with E-state index < -0.39 is 34.1 Å². The van der Waals surface area contributed by atoms with Gasteiger partial charge in [0.15, 0.2) is 0 Å². The molecule has 8 rings (SSSR count). The zero-order valence-corrected chi connectivity index (χ0v) is 29.9. The molecule has 2 spiro atoms. The molecule has 4 aliphatic heterocycles. The van der Waals surface area contributed by atoms with Crippen LogP contribution >= 0.6 is 0 Å². The Morgan fingerprint density at radius 2 is 0.923 bits per heavy atom. The third-order valence-corrected chi connectivity index (χ3v) is 13.0. The second kappa shape index (κ2) is 15.2. The van der Waals surface area contributed by atoms with E-state index in [9.17, 15) is 37.4 Å². The molecule has 2 N–H and O–H groups in total. The first kappa shape index (κ1) is 37.0. The number of hydrogen-bond donors (Lipinski definition) is 2. The van der Waals surface area contributed by atoms with Crippen LogP contribution in [-0.4, -0.2) is 95.4 Å². The fourth-order valence-corrected chi connectivity index (χ4v) is 10.0. The first-order chi connectivity index (χ1) is 25.0. The van der Waals surface area contributed by atoms with Gasteiger partial charge in [0.1, 0.15) is 23.3 Å². The molecule has 0 aromatic heterocycles. The number of benzene rings is 2. The number of halogens is 4. The van der Waals surface area contributed by atoms with Gasteiger partial charge in [0, 0.05) is 63.5 Å². The molecule has 12 heteroatoms. The highest BCUT2D eigenvalue weighted by atomic mass is 19.1. The largest absolute Gasteiger partial charge is 0.393 e. The average Bonchev–Trinajstić information content (AvgIpc) is 3.62. The highest BCUT2D eigenvalue weighted by Gasteiger charge is 2.52. The van der Waals surface area contributed by atoms with E-state index in [2.05, 4.69) is 0 Å². The third-order valence-electron chi connectivity index (χ3n) is 13.0. The lowest BCUT2D eigenvalue weighted by molar-refractivity contribution is -0.140. The quantitative estimate of drug-likeness (QED) is 0.367. The number of likely N-dealkylation sites (tertiary alicyclic amines) is 2. The number of piperidine rings is 2. The highest BCUT2D eigenvalue weighted by Crippen LogP contribution is 2.45. The fourth-order valence-electron chi connectivity index (χ4n) is 10.0. The van der Waals surface area contributed by atoms with Crippen molar-refractivity contribution in [3.63, 3.8) is 0 Å². The maximum Gasteiger partial charge on any atom is 0.230 e. The number of aliphatic hydroxyl groups excluding tert-OH is 2. The van der Waals surface area contributed by atoms with Crippen LogP contribution in [0.15, 0.2) is 36.4 Å². The van der Waals surface area contributed by atoms with Crippen molar-refractivity contribution in [3.8, 4) is 0 Å². The van der Waals surface area contributed by atoms with Crippen molar-refractivity contribution in [2.24, 2.45) is 10.8 Å². The number of carbonyl (C=O) groups excluding carboxylic acids is 2. The Balaban J connectivity index is 0.000000162. The minimum atomic E-state index is -0.479. The first-order valence-electron chi connectivity index (χ1n) is 19.4.